The molecule has 0 aromatic carbocycles. The van der Waals surface area contributed by atoms with Crippen LogP contribution < -0.4 is 5.73 Å². The van der Waals surface area contributed by atoms with Crippen molar-refractivity contribution in [3.8, 4) is 0 Å². The molecule has 22 heavy (non-hydrogen) atoms. The molecule has 0 aromatic heterocycles. The molecule has 7 unspecified atom stereocenters. The van der Waals surface area contributed by atoms with Crippen LogP contribution in [0, 0.1) is 52.8 Å². The monoisotopic (exact) mass is 307 g/mol. The van der Waals surface area contributed by atoms with E-state index in [-0.39, 0.29) is 0 Å². The van der Waals surface area contributed by atoms with Gasteiger partial charge in [-0.1, -0.05) is 48.5 Å². The van der Waals surface area contributed by atoms with Crippen LogP contribution in [-0.2, 0) is 0 Å². The predicted octanol–water partition coefficient (Wildman–Crippen LogP) is 5.59. The number of hydrogen-bond acceptors (Lipinski definition) is 1. The van der Waals surface area contributed by atoms with Crippen LogP contribution in [0.2, 0.25) is 0 Å². The quantitative estimate of drug-likeness (QED) is 0.680. The summed E-state index contributed by atoms with van der Waals surface area (Å²) in [6.07, 6.45) is 4.14. The van der Waals surface area contributed by atoms with Crippen LogP contribution in [0.25, 0.3) is 0 Å². The third kappa shape index (κ3) is 2.66. The maximum atomic E-state index is 6.20. The molecule has 0 saturated heterocycles. The molecule has 2 rings (SSSR count). The van der Waals surface area contributed by atoms with Crippen molar-refractivity contribution >= 4 is 0 Å². The normalized spacial score (nSPS) is 50.9. The van der Waals surface area contributed by atoms with E-state index in [0.717, 1.165) is 41.4 Å². The Balaban J connectivity index is 2.10. The fraction of sp³-hybridized carbons (Fsp3) is 1.00. The van der Waals surface area contributed by atoms with Crippen molar-refractivity contribution in [3.63, 3.8) is 0 Å². The van der Waals surface area contributed by atoms with Crippen LogP contribution in [0.1, 0.15) is 74.7 Å². The van der Waals surface area contributed by atoms with Crippen LogP contribution in [0.4, 0.5) is 0 Å². The van der Waals surface area contributed by atoms with Crippen LogP contribution in [0.15, 0.2) is 0 Å². The van der Waals surface area contributed by atoms with Gasteiger partial charge in [0.05, 0.1) is 0 Å². The predicted molar refractivity (Wildman–Crippen MR) is 97.6 cm³/mol. The zero-order valence-corrected chi connectivity index (χ0v) is 16.4. The maximum absolute atomic E-state index is 6.20. The van der Waals surface area contributed by atoms with E-state index in [2.05, 4.69) is 55.4 Å². The van der Waals surface area contributed by atoms with Gasteiger partial charge in [0.25, 0.3) is 0 Å². The zero-order valence-electron chi connectivity index (χ0n) is 16.4. The summed E-state index contributed by atoms with van der Waals surface area (Å²) in [5.74, 6) is 7.09. The molecule has 0 radical (unpaired) electrons. The molecule has 0 spiro atoms. The average Bonchev–Trinajstić information content (AvgIpc) is 2.51. The Kier molecular flexibility index (Phi) is 5.37. The molecule has 2 saturated carbocycles. The Morgan fingerprint density at radius 3 is 1.91 bits per heavy atom. The smallest absolute Gasteiger partial charge is 0.00363 e. The number of nitrogens with two attached hydrogens (primary N) is 1. The second kappa shape index (κ2) is 6.46. The lowest BCUT2D eigenvalue weighted by Gasteiger charge is -2.64. The summed E-state index contributed by atoms with van der Waals surface area (Å²) in [7, 11) is 0. The number of hydrogen-bond donors (Lipinski definition) is 1. The van der Waals surface area contributed by atoms with Crippen molar-refractivity contribution in [1.82, 2.24) is 0 Å². The van der Waals surface area contributed by atoms with Crippen molar-refractivity contribution < 1.29 is 0 Å². The molecule has 0 bridgehead atoms. The SMILES string of the molecule is CCC1(C[C@H](C)C(C)N)C(C)C(C)C1CC1C(C)C(C)C1C. The van der Waals surface area contributed by atoms with E-state index in [4.69, 9.17) is 5.73 Å². The Labute approximate surface area is 139 Å². The molecule has 2 fully saturated rings. The summed E-state index contributed by atoms with van der Waals surface area (Å²) in [5.41, 5.74) is 6.76. The van der Waals surface area contributed by atoms with Crippen LogP contribution in [0.3, 0.4) is 0 Å². The van der Waals surface area contributed by atoms with Crippen molar-refractivity contribution in [2.75, 3.05) is 0 Å². The van der Waals surface area contributed by atoms with E-state index in [0.29, 0.717) is 17.4 Å². The van der Waals surface area contributed by atoms with E-state index in [1.165, 1.54) is 19.3 Å². The summed E-state index contributed by atoms with van der Waals surface area (Å²) >= 11 is 0. The summed E-state index contributed by atoms with van der Waals surface area (Å²) in [5, 5.41) is 0. The largest absolute Gasteiger partial charge is 0.328 e. The molecular weight excluding hydrogens is 266 g/mol. The van der Waals surface area contributed by atoms with E-state index in [1.807, 2.05) is 0 Å². The van der Waals surface area contributed by atoms with Gasteiger partial charge < -0.3 is 5.73 Å². The lowest BCUT2D eigenvalue weighted by atomic mass is 9.41. The fourth-order valence-electron chi connectivity index (χ4n) is 6.23. The lowest BCUT2D eigenvalue weighted by Crippen LogP contribution is -2.58. The standard InChI is InChI=1S/C21H41N/c1-9-21(11-12(2)18(8)22)17(7)16(6)20(21)10-19-14(4)13(3)15(19)5/h12-20H,9-11,22H2,1-8H3/t12-,13?,14?,15?,16?,17?,18?,19?,20?,21?/m0/s1. The summed E-state index contributed by atoms with van der Waals surface area (Å²) in [6.45, 7) is 19.4. The van der Waals surface area contributed by atoms with E-state index >= 15 is 0 Å². The molecule has 0 aromatic rings. The molecule has 2 N–H and O–H groups in total. The molecule has 0 aliphatic heterocycles. The topological polar surface area (TPSA) is 26.0 Å². The molecule has 1 nitrogen and oxygen atoms in total. The Morgan fingerprint density at radius 1 is 0.909 bits per heavy atom. The fourth-order valence-corrected chi connectivity index (χ4v) is 6.23. The van der Waals surface area contributed by atoms with Crippen LogP contribution >= 0.6 is 0 Å². The molecule has 0 amide bonds. The first-order chi connectivity index (χ1) is 10.2. The van der Waals surface area contributed by atoms with Crippen LogP contribution in [-0.4, -0.2) is 6.04 Å². The summed E-state index contributed by atoms with van der Waals surface area (Å²) < 4.78 is 0. The molecule has 130 valence electrons. The highest BCUT2D eigenvalue weighted by molar-refractivity contribution is 5.07. The molecule has 2 aliphatic rings. The highest BCUT2D eigenvalue weighted by Gasteiger charge is 2.58. The van der Waals surface area contributed by atoms with Gasteiger partial charge in [0.15, 0.2) is 0 Å². The highest BCUT2D eigenvalue weighted by atomic mass is 14.7. The molecule has 2 aliphatic carbocycles. The third-order valence-corrected chi connectivity index (χ3v) is 8.86. The van der Waals surface area contributed by atoms with E-state index < -0.39 is 0 Å². The summed E-state index contributed by atoms with van der Waals surface area (Å²) in [6, 6.07) is 0.328. The third-order valence-electron chi connectivity index (χ3n) is 8.86. The Hall–Kier alpha value is -0.0400. The Bertz CT molecular complexity index is 366. The first kappa shape index (κ1) is 18.3. The zero-order chi connectivity index (χ0) is 16.8. The van der Waals surface area contributed by atoms with Gasteiger partial charge in [0.2, 0.25) is 0 Å². The van der Waals surface area contributed by atoms with Gasteiger partial charge in [-0.15, -0.1) is 0 Å². The second-order valence-corrected chi connectivity index (χ2v) is 9.36. The van der Waals surface area contributed by atoms with E-state index in [9.17, 15) is 0 Å². The minimum Gasteiger partial charge on any atom is -0.328 e. The molecule has 0 heterocycles. The lowest BCUT2D eigenvalue weighted by molar-refractivity contribution is -0.153. The minimum atomic E-state index is 0.328. The van der Waals surface area contributed by atoms with Crippen molar-refractivity contribution in [1.29, 1.82) is 0 Å². The number of rotatable bonds is 6. The van der Waals surface area contributed by atoms with Gasteiger partial charge in [0.1, 0.15) is 0 Å². The minimum absolute atomic E-state index is 0.328. The van der Waals surface area contributed by atoms with Gasteiger partial charge in [-0.25, -0.2) is 0 Å². The average molecular weight is 308 g/mol. The van der Waals surface area contributed by atoms with Crippen LogP contribution in [0.5, 0.6) is 0 Å². The van der Waals surface area contributed by atoms with Gasteiger partial charge in [-0.2, -0.15) is 0 Å². The first-order valence-corrected chi connectivity index (χ1v) is 9.92. The van der Waals surface area contributed by atoms with Crippen molar-refractivity contribution in [2.24, 2.45) is 58.5 Å². The molecule has 1 heteroatoms. The maximum Gasteiger partial charge on any atom is 0.00363 e. The summed E-state index contributed by atoms with van der Waals surface area (Å²) in [4.78, 5) is 0. The molecule has 8 atom stereocenters. The Morgan fingerprint density at radius 2 is 1.45 bits per heavy atom. The van der Waals surface area contributed by atoms with E-state index in [1.54, 1.807) is 0 Å². The molecular formula is C21H41N. The van der Waals surface area contributed by atoms with Crippen molar-refractivity contribution in [3.05, 3.63) is 0 Å². The van der Waals surface area contributed by atoms with Crippen molar-refractivity contribution in [2.45, 2.75) is 80.7 Å². The van der Waals surface area contributed by atoms with Gasteiger partial charge in [-0.3, -0.25) is 0 Å². The van der Waals surface area contributed by atoms with Gasteiger partial charge >= 0.3 is 0 Å². The first-order valence-electron chi connectivity index (χ1n) is 9.92. The van der Waals surface area contributed by atoms with Gasteiger partial charge in [0, 0.05) is 6.04 Å². The highest BCUT2D eigenvalue weighted by Crippen LogP contribution is 2.65. The van der Waals surface area contributed by atoms with Gasteiger partial charge in [-0.05, 0) is 78.9 Å². The second-order valence-electron chi connectivity index (χ2n) is 9.36.